The Hall–Kier alpha value is -1.71. The number of rotatable bonds is 4. The second kappa shape index (κ2) is 5.11. The van der Waals surface area contributed by atoms with E-state index in [-0.39, 0.29) is 16.3 Å². The normalized spacial score (nSPS) is 16.5. The Morgan fingerprint density at radius 2 is 1.95 bits per heavy atom. The van der Waals surface area contributed by atoms with Gasteiger partial charge in [-0.1, -0.05) is 0 Å². The van der Waals surface area contributed by atoms with Crippen LogP contribution in [0.3, 0.4) is 0 Å². The predicted molar refractivity (Wildman–Crippen MR) is 68.9 cm³/mol. The van der Waals surface area contributed by atoms with Gasteiger partial charge in [-0.25, -0.2) is 8.42 Å². The molecule has 1 heterocycles. The van der Waals surface area contributed by atoms with Crippen LogP contribution >= 0.6 is 0 Å². The van der Waals surface area contributed by atoms with Crippen molar-refractivity contribution >= 4 is 21.4 Å². The van der Waals surface area contributed by atoms with Crippen molar-refractivity contribution in [2.75, 3.05) is 18.5 Å². The topological polar surface area (TPSA) is 119 Å². The van der Waals surface area contributed by atoms with Gasteiger partial charge >= 0.3 is 0 Å². The highest BCUT2D eigenvalue weighted by Gasteiger charge is 2.29. The van der Waals surface area contributed by atoms with Gasteiger partial charge in [0.1, 0.15) is 5.69 Å². The van der Waals surface area contributed by atoms with Gasteiger partial charge in [0.05, 0.1) is 9.82 Å². The molecule has 1 aliphatic rings. The third kappa shape index (κ3) is 2.53. The van der Waals surface area contributed by atoms with E-state index in [0.29, 0.717) is 13.1 Å². The lowest BCUT2D eigenvalue weighted by atomic mass is 10.3. The zero-order chi connectivity index (χ0) is 14.0. The van der Waals surface area contributed by atoms with Gasteiger partial charge in [-0.15, -0.1) is 0 Å². The molecule has 8 nitrogen and oxygen atoms in total. The average molecular weight is 286 g/mol. The van der Waals surface area contributed by atoms with Gasteiger partial charge < -0.3 is 5.43 Å². The van der Waals surface area contributed by atoms with E-state index in [1.54, 1.807) is 0 Å². The molecule has 1 aromatic rings. The van der Waals surface area contributed by atoms with Crippen molar-refractivity contribution in [3.05, 3.63) is 28.3 Å². The van der Waals surface area contributed by atoms with E-state index in [9.17, 15) is 18.5 Å². The molecule has 0 radical (unpaired) electrons. The van der Waals surface area contributed by atoms with Crippen LogP contribution in [-0.4, -0.2) is 30.7 Å². The zero-order valence-electron chi connectivity index (χ0n) is 10.1. The quantitative estimate of drug-likeness (QED) is 0.477. The van der Waals surface area contributed by atoms with Gasteiger partial charge in [-0.3, -0.25) is 16.0 Å². The molecule has 0 atom stereocenters. The fourth-order valence-electron chi connectivity index (χ4n) is 2.02. The summed E-state index contributed by atoms with van der Waals surface area (Å²) in [6.07, 6.45) is 1.62. The van der Waals surface area contributed by atoms with Gasteiger partial charge in [0.25, 0.3) is 5.69 Å². The van der Waals surface area contributed by atoms with Crippen LogP contribution in [0.25, 0.3) is 0 Å². The highest BCUT2D eigenvalue weighted by molar-refractivity contribution is 7.89. The van der Waals surface area contributed by atoms with Crippen LogP contribution < -0.4 is 11.3 Å². The monoisotopic (exact) mass is 286 g/mol. The highest BCUT2D eigenvalue weighted by atomic mass is 32.2. The first kappa shape index (κ1) is 13.7. The van der Waals surface area contributed by atoms with Crippen LogP contribution in [0.15, 0.2) is 23.1 Å². The maximum Gasteiger partial charge on any atom is 0.294 e. The van der Waals surface area contributed by atoms with Crippen molar-refractivity contribution < 1.29 is 13.3 Å². The highest BCUT2D eigenvalue weighted by Crippen LogP contribution is 2.29. The molecule has 1 aliphatic heterocycles. The van der Waals surface area contributed by atoms with Crippen molar-refractivity contribution in [1.82, 2.24) is 4.31 Å². The van der Waals surface area contributed by atoms with Crippen LogP contribution in [0.2, 0.25) is 0 Å². The number of nitro groups is 1. The summed E-state index contributed by atoms with van der Waals surface area (Å²) in [5.74, 6) is 5.16. The van der Waals surface area contributed by atoms with Crippen LogP contribution in [0.5, 0.6) is 0 Å². The lowest BCUT2D eigenvalue weighted by Gasteiger charge is -2.15. The van der Waals surface area contributed by atoms with E-state index < -0.39 is 14.9 Å². The lowest BCUT2D eigenvalue weighted by molar-refractivity contribution is -0.384. The predicted octanol–water partition coefficient (Wildman–Crippen LogP) is 0.665. The molecule has 0 amide bonds. The molecule has 1 aromatic carbocycles. The molecule has 19 heavy (non-hydrogen) atoms. The Morgan fingerprint density at radius 1 is 1.32 bits per heavy atom. The smallest absolute Gasteiger partial charge is 0.294 e. The molecule has 9 heteroatoms. The maximum atomic E-state index is 12.3. The first-order valence-corrected chi connectivity index (χ1v) is 7.16. The molecule has 0 aliphatic carbocycles. The molecule has 1 saturated heterocycles. The third-order valence-corrected chi connectivity index (χ3v) is 4.92. The number of hydrazine groups is 1. The van der Waals surface area contributed by atoms with E-state index in [4.69, 9.17) is 5.84 Å². The third-order valence-electron chi connectivity index (χ3n) is 3.02. The Kier molecular flexibility index (Phi) is 3.69. The number of nitrogen functional groups attached to an aromatic ring is 1. The van der Waals surface area contributed by atoms with Crippen LogP contribution in [-0.2, 0) is 10.0 Å². The summed E-state index contributed by atoms with van der Waals surface area (Å²) < 4.78 is 25.9. The minimum absolute atomic E-state index is 0.0744. The number of nitrogens with zero attached hydrogens (tertiary/aromatic N) is 2. The number of hydrogen-bond donors (Lipinski definition) is 2. The minimum Gasteiger partial charge on any atom is -0.318 e. The lowest BCUT2D eigenvalue weighted by Crippen LogP contribution is -2.28. The fraction of sp³-hybridized carbons (Fsp3) is 0.400. The first-order valence-electron chi connectivity index (χ1n) is 5.72. The van der Waals surface area contributed by atoms with E-state index in [2.05, 4.69) is 5.43 Å². The number of nitrogens with two attached hydrogens (primary N) is 1. The molecular formula is C10H14N4O4S. The minimum atomic E-state index is -3.66. The largest absolute Gasteiger partial charge is 0.318 e. The molecule has 0 unspecified atom stereocenters. The van der Waals surface area contributed by atoms with Crippen molar-refractivity contribution in [3.63, 3.8) is 0 Å². The summed E-state index contributed by atoms with van der Waals surface area (Å²) in [6, 6.07) is 3.64. The maximum absolute atomic E-state index is 12.3. The Labute approximate surface area is 110 Å². The summed E-state index contributed by atoms with van der Waals surface area (Å²) in [5, 5.41) is 10.9. The van der Waals surface area contributed by atoms with Crippen molar-refractivity contribution in [1.29, 1.82) is 0 Å². The second-order valence-corrected chi connectivity index (χ2v) is 6.13. The van der Waals surface area contributed by atoms with Crippen molar-refractivity contribution in [3.8, 4) is 0 Å². The van der Waals surface area contributed by atoms with Gasteiger partial charge in [0.15, 0.2) is 0 Å². The number of nitro benzene ring substituents is 1. The Bertz CT molecular complexity index is 596. The van der Waals surface area contributed by atoms with Crippen LogP contribution in [0, 0.1) is 10.1 Å². The number of benzene rings is 1. The molecule has 1 fully saturated rings. The van der Waals surface area contributed by atoms with Gasteiger partial charge in [-0.2, -0.15) is 4.31 Å². The fourth-order valence-corrected chi connectivity index (χ4v) is 3.56. The summed E-state index contributed by atoms with van der Waals surface area (Å²) >= 11 is 0. The summed E-state index contributed by atoms with van der Waals surface area (Å²) in [7, 11) is -3.66. The molecule has 0 saturated carbocycles. The first-order chi connectivity index (χ1) is 8.96. The Balaban J connectivity index is 2.45. The van der Waals surface area contributed by atoms with E-state index in [1.807, 2.05) is 0 Å². The number of anilines is 1. The van der Waals surface area contributed by atoms with E-state index in [0.717, 1.165) is 18.9 Å². The number of hydrogen-bond acceptors (Lipinski definition) is 6. The second-order valence-electron chi connectivity index (χ2n) is 4.19. The molecule has 0 bridgehead atoms. The van der Waals surface area contributed by atoms with Gasteiger partial charge in [0.2, 0.25) is 10.0 Å². The molecule has 0 spiro atoms. The number of sulfonamides is 1. The Morgan fingerprint density at radius 3 is 2.47 bits per heavy atom. The summed E-state index contributed by atoms with van der Waals surface area (Å²) in [4.78, 5) is 10.1. The SMILES string of the molecule is NNc1ccc(S(=O)(=O)N2CCCC2)cc1[N+](=O)[O-]. The molecule has 0 aromatic heterocycles. The summed E-state index contributed by atoms with van der Waals surface area (Å²) in [6.45, 7) is 0.903. The van der Waals surface area contributed by atoms with Crippen molar-refractivity contribution in [2.24, 2.45) is 5.84 Å². The van der Waals surface area contributed by atoms with E-state index >= 15 is 0 Å². The van der Waals surface area contributed by atoms with Crippen LogP contribution in [0.1, 0.15) is 12.8 Å². The average Bonchev–Trinajstić information content (AvgIpc) is 2.92. The van der Waals surface area contributed by atoms with E-state index in [1.165, 1.54) is 16.4 Å². The standard InChI is InChI=1S/C10H14N4O4S/c11-12-9-4-3-8(7-10(9)14(15)16)19(17,18)13-5-1-2-6-13/h3-4,7,12H,1-2,5-6,11H2. The van der Waals surface area contributed by atoms with Crippen LogP contribution in [0.4, 0.5) is 11.4 Å². The molecular weight excluding hydrogens is 272 g/mol. The number of nitrogens with one attached hydrogen (secondary N) is 1. The molecule has 104 valence electrons. The van der Waals surface area contributed by atoms with Crippen molar-refractivity contribution in [2.45, 2.75) is 17.7 Å². The molecule has 2 rings (SSSR count). The zero-order valence-corrected chi connectivity index (χ0v) is 10.9. The van der Waals surface area contributed by atoms with Gasteiger partial charge in [-0.05, 0) is 25.0 Å². The molecule has 3 N–H and O–H groups in total. The van der Waals surface area contributed by atoms with Gasteiger partial charge in [0, 0.05) is 19.2 Å². The summed E-state index contributed by atoms with van der Waals surface area (Å²) in [5.41, 5.74) is 1.89.